The van der Waals surface area contributed by atoms with Crippen LogP contribution in [0.1, 0.15) is 74.5 Å². The van der Waals surface area contributed by atoms with Gasteiger partial charge < -0.3 is 17.7 Å². The van der Waals surface area contributed by atoms with Gasteiger partial charge in [0.1, 0.15) is 64.3 Å². The summed E-state index contributed by atoms with van der Waals surface area (Å²) in [5, 5.41) is 0. The van der Waals surface area contributed by atoms with Gasteiger partial charge >= 0.3 is 0 Å². The summed E-state index contributed by atoms with van der Waals surface area (Å²) < 4.78 is 76.7. The van der Waals surface area contributed by atoms with Gasteiger partial charge in [-0.05, 0) is 194 Å². The number of pyridine rings is 4. The molecule has 18 heteroatoms. The molecule has 0 aliphatic heterocycles. The summed E-state index contributed by atoms with van der Waals surface area (Å²) in [7, 11) is 0. The van der Waals surface area contributed by atoms with E-state index in [1.165, 1.54) is 64.9 Å². The second kappa shape index (κ2) is 32.3. The Bertz CT molecular complexity index is 4080. The topological polar surface area (TPSA) is 156 Å². The lowest BCUT2D eigenvalue weighted by Crippen LogP contribution is -1.91. The number of nitrogens with zero attached hydrogens (tertiary/aromatic N) is 8. The van der Waals surface area contributed by atoms with E-state index in [2.05, 4.69) is 106 Å². The molecular weight excluding hydrogens is 1330 g/mol. The standard InChI is InChI=1S/2C18H17FN2O.C15H10FIN2O.C15H11FN2O.C3H7I/c1-3-4-16-17(13-5-7-14(19)8-6-13)21-18(22-16)15-11-20-10-9-12(15)2;1-2-3-4-13-9-10-20-11-16(13)18-21-17(12-22-18)14-5-7-15(19)8-6-14;1-9-6-7-18-8-12(9)15-19-13(14(17)20-15)10-2-4-11(16)5-3-10;1-10-6-7-17-8-13(10)15-18-14(9-19-15)11-2-4-12(16)5-3-11;1-2-3-4/h5-11H,3-4H2,1-2H3;5-12H,2-4H2,1H3;2-8H,1H3;2-9H,1H3;2-3H2,1H3. The number of benzene rings is 4. The Hall–Kier alpha value is -8.50. The zero-order valence-electron chi connectivity index (χ0n) is 48.7. The zero-order chi connectivity index (χ0) is 61.7. The maximum Gasteiger partial charge on any atom is 0.229 e. The number of oxazole rings is 4. The number of halogens is 6. The predicted molar refractivity (Wildman–Crippen MR) is 349 cm³/mol. The quantitative estimate of drug-likeness (QED) is 0.0578. The molecule has 0 N–H and O–H groups in total. The van der Waals surface area contributed by atoms with E-state index in [1.54, 1.807) is 111 Å². The van der Waals surface area contributed by atoms with Gasteiger partial charge in [-0.3, -0.25) is 19.9 Å². The molecule has 12 aromatic rings. The lowest BCUT2D eigenvalue weighted by Gasteiger charge is -2.04. The Labute approximate surface area is 530 Å². The molecule has 12 rings (SSSR count). The largest absolute Gasteiger partial charge is 0.444 e. The lowest BCUT2D eigenvalue weighted by molar-refractivity contribution is 0.515. The van der Waals surface area contributed by atoms with Crippen LogP contribution in [0.15, 0.2) is 201 Å². The molecule has 0 saturated heterocycles. The van der Waals surface area contributed by atoms with Gasteiger partial charge in [-0.1, -0.05) is 49.8 Å². The van der Waals surface area contributed by atoms with E-state index in [4.69, 9.17) is 17.7 Å². The number of unbranched alkanes of at least 4 members (excludes halogenated alkanes) is 1. The maximum atomic E-state index is 13.1. The SMILES string of the molecule is CCCCc1ccncc1-c1nc(-c2ccc(F)cc2)co1.CCCI.CCCc1oc(-c2cnccc2C)nc1-c1ccc(F)cc1.Cc1ccncc1-c1nc(-c2ccc(F)cc2)c(I)o1.Cc1ccncc1-c1nc(-c2ccc(F)cc2)co1. The first kappa shape index (κ1) is 64.5. The molecule has 8 heterocycles. The molecular formula is C69H62F4I2N8O4. The minimum Gasteiger partial charge on any atom is -0.444 e. The van der Waals surface area contributed by atoms with Crippen LogP contribution in [-0.4, -0.2) is 44.3 Å². The molecule has 4 aromatic carbocycles. The molecule has 8 aromatic heterocycles. The highest BCUT2D eigenvalue weighted by atomic mass is 127. The minimum absolute atomic E-state index is 0.257. The molecule has 0 saturated carbocycles. The summed E-state index contributed by atoms with van der Waals surface area (Å²) in [4.78, 5) is 34.5. The maximum absolute atomic E-state index is 13.1. The second-order valence-electron chi connectivity index (χ2n) is 19.7. The number of alkyl halides is 1. The van der Waals surface area contributed by atoms with E-state index >= 15 is 0 Å². The predicted octanol–water partition coefficient (Wildman–Crippen LogP) is 19.8. The molecule has 87 heavy (non-hydrogen) atoms. The van der Waals surface area contributed by atoms with Gasteiger partial charge in [0, 0.05) is 101 Å². The summed E-state index contributed by atoms with van der Waals surface area (Å²) >= 11 is 4.44. The molecule has 0 amide bonds. The molecule has 0 fully saturated rings. The lowest BCUT2D eigenvalue weighted by atomic mass is 10.0. The fraction of sp³-hybridized carbons (Fsp3) is 0.188. The molecule has 12 nitrogen and oxygen atoms in total. The van der Waals surface area contributed by atoms with Crippen molar-refractivity contribution < 1.29 is 35.2 Å². The summed E-state index contributed by atoms with van der Waals surface area (Å²) in [6.45, 7) is 12.4. The van der Waals surface area contributed by atoms with Crippen LogP contribution < -0.4 is 0 Å². The molecule has 0 unspecified atom stereocenters. The average molecular weight is 1400 g/mol. The average Bonchev–Trinajstić information content (AvgIpc) is 2.61. The molecule has 0 bridgehead atoms. The van der Waals surface area contributed by atoms with Crippen LogP contribution in [0, 0.1) is 47.8 Å². The van der Waals surface area contributed by atoms with E-state index in [9.17, 15) is 17.6 Å². The van der Waals surface area contributed by atoms with Crippen LogP contribution in [0.3, 0.4) is 0 Å². The first-order valence-corrected chi connectivity index (χ1v) is 30.7. The highest BCUT2D eigenvalue weighted by Gasteiger charge is 2.19. The van der Waals surface area contributed by atoms with Crippen molar-refractivity contribution in [3.63, 3.8) is 0 Å². The van der Waals surface area contributed by atoms with Gasteiger partial charge in [-0.15, -0.1) is 0 Å². The third kappa shape index (κ3) is 17.8. The van der Waals surface area contributed by atoms with Crippen molar-refractivity contribution in [1.82, 2.24) is 39.9 Å². The molecule has 0 aliphatic carbocycles. The second-order valence-corrected chi connectivity index (χ2v) is 21.7. The van der Waals surface area contributed by atoms with E-state index in [0.717, 1.165) is 105 Å². The Morgan fingerprint density at radius 1 is 0.402 bits per heavy atom. The number of hydrogen-bond donors (Lipinski definition) is 0. The van der Waals surface area contributed by atoms with Gasteiger partial charge in [-0.25, -0.2) is 37.5 Å². The van der Waals surface area contributed by atoms with Crippen molar-refractivity contribution in [2.24, 2.45) is 0 Å². The van der Waals surface area contributed by atoms with E-state index in [0.29, 0.717) is 44.4 Å². The number of rotatable bonds is 14. The Morgan fingerprint density at radius 3 is 1.21 bits per heavy atom. The van der Waals surface area contributed by atoms with E-state index in [1.807, 2.05) is 45.0 Å². The fourth-order valence-electron chi connectivity index (χ4n) is 8.47. The van der Waals surface area contributed by atoms with E-state index in [-0.39, 0.29) is 23.3 Å². The van der Waals surface area contributed by atoms with Crippen LogP contribution in [0.2, 0.25) is 0 Å². The molecule has 444 valence electrons. The smallest absolute Gasteiger partial charge is 0.229 e. The van der Waals surface area contributed by atoms with Crippen LogP contribution >= 0.6 is 45.2 Å². The third-order valence-electron chi connectivity index (χ3n) is 13.2. The van der Waals surface area contributed by atoms with Gasteiger partial charge in [-0.2, -0.15) is 0 Å². The number of aromatic nitrogens is 8. The first-order valence-electron chi connectivity index (χ1n) is 28.1. The monoisotopic (exact) mass is 1400 g/mol. The van der Waals surface area contributed by atoms with Gasteiger partial charge in [0.25, 0.3) is 0 Å². The summed E-state index contributed by atoms with van der Waals surface area (Å²) in [6, 6.07) is 32.6. The fourth-order valence-corrected chi connectivity index (χ4v) is 9.11. The van der Waals surface area contributed by atoms with Crippen molar-refractivity contribution in [1.29, 1.82) is 0 Å². The molecule has 0 radical (unpaired) electrons. The van der Waals surface area contributed by atoms with Crippen molar-refractivity contribution in [3.05, 3.63) is 238 Å². The summed E-state index contributed by atoms with van der Waals surface area (Å²) in [6.07, 6.45) is 23.4. The van der Waals surface area contributed by atoms with Crippen LogP contribution in [0.25, 0.3) is 90.8 Å². The number of hydrogen-bond acceptors (Lipinski definition) is 12. The highest BCUT2D eigenvalue weighted by Crippen LogP contribution is 2.34. The summed E-state index contributed by atoms with van der Waals surface area (Å²) in [5.74, 6) is 1.93. The van der Waals surface area contributed by atoms with Crippen molar-refractivity contribution in [2.75, 3.05) is 4.43 Å². The van der Waals surface area contributed by atoms with E-state index < -0.39 is 0 Å². The van der Waals surface area contributed by atoms with Crippen molar-refractivity contribution in [2.45, 2.75) is 80.1 Å². The highest BCUT2D eigenvalue weighted by molar-refractivity contribution is 14.1. The third-order valence-corrected chi connectivity index (χ3v) is 15.0. The molecule has 0 spiro atoms. The van der Waals surface area contributed by atoms with Crippen LogP contribution in [0.5, 0.6) is 0 Å². The Kier molecular flexibility index (Phi) is 23.9. The first-order chi connectivity index (χ1) is 42.3. The molecule has 0 atom stereocenters. The van der Waals surface area contributed by atoms with Gasteiger partial charge in [0.05, 0.1) is 22.3 Å². The zero-order valence-corrected chi connectivity index (χ0v) is 53.1. The Morgan fingerprint density at radius 2 is 0.782 bits per heavy atom. The normalized spacial score (nSPS) is 10.6. The molecule has 0 aliphatic rings. The van der Waals surface area contributed by atoms with Crippen LogP contribution in [0.4, 0.5) is 17.6 Å². The number of aryl methyl sites for hydroxylation is 5. The van der Waals surface area contributed by atoms with Gasteiger partial charge in [0.2, 0.25) is 23.6 Å². The summed E-state index contributed by atoms with van der Waals surface area (Å²) in [5.41, 5.74) is 14.1. The van der Waals surface area contributed by atoms with Crippen molar-refractivity contribution >= 4 is 45.2 Å². The van der Waals surface area contributed by atoms with Crippen molar-refractivity contribution in [3.8, 4) is 90.8 Å². The minimum atomic E-state index is -0.268. The van der Waals surface area contributed by atoms with Crippen LogP contribution in [-0.2, 0) is 12.8 Å². The Balaban J connectivity index is 0.000000147. The van der Waals surface area contributed by atoms with Gasteiger partial charge in [0.15, 0.2) is 3.77 Å².